The van der Waals surface area contributed by atoms with Crippen molar-refractivity contribution in [2.75, 3.05) is 0 Å². The Morgan fingerprint density at radius 1 is 0.650 bits per heavy atom. The quantitative estimate of drug-likeness (QED) is 0.335. The summed E-state index contributed by atoms with van der Waals surface area (Å²) in [5.41, 5.74) is 0. The Morgan fingerprint density at radius 3 is 1.25 bits per heavy atom. The Balaban J connectivity index is 0. The van der Waals surface area contributed by atoms with Crippen molar-refractivity contribution in [1.29, 1.82) is 0 Å². The van der Waals surface area contributed by atoms with Crippen molar-refractivity contribution in [3.05, 3.63) is 0 Å². The summed E-state index contributed by atoms with van der Waals surface area (Å²) in [7, 11) is 0. The molecule has 0 amide bonds. The minimum absolute atomic E-state index is 0. The number of rotatable bonds is 15. The first kappa shape index (κ1) is 22.5. The number of carbonyl (C=O) groups is 1. The standard InChI is InChI=1S/C17H34O2.Mg/c1-2-3-4-5-6-7-8-9-10-11-12-13-14-15-16-17(18)19;/h2-16H2,1H3,(H,18,19);/q;+2/p-1. The van der Waals surface area contributed by atoms with Crippen LogP contribution in [0.1, 0.15) is 103 Å². The first-order valence-electron chi connectivity index (χ1n) is 8.47. The third-order valence-electron chi connectivity index (χ3n) is 3.73. The molecule has 3 heteroatoms. The van der Waals surface area contributed by atoms with Gasteiger partial charge >= 0.3 is 23.1 Å². The monoisotopic (exact) mass is 293 g/mol. The molecule has 2 nitrogen and oxygen atoms in total. The molecular weight excluding hydrogens is 260 g/mol. The van der Waals surface area contributed by atoms with E-state index in [9.17, 15) is 9.90 Å². The van der Waals surface area contributed by atoms with E-state index in [0.717, 1.165) is 12.8 Å². The van der Waals surface area contributed by atoms with Gasteiger partial charge in [-0.05, 0) is 12.8 Å². The maximum absolute atomic E-state index is 10.2. The van der Waals surface area contributed by atoms with E-state index in [1.165, 1.54) is 77.0 Å². The van der Waals surface area contributed by atoms with Gasteiger partial charge in [-0.15, -0.1) is 0 Å². The molecular formula is C17H33MgO2+. The fourth-order valence-corrected chi connectivity index (χ4v) is 2.46. The molecule has 0 N–H and O–H groups in total. The minimum Gasteiger partial charge on any atom is -0.550 e. The summed E-state index contributed by atoms with van der Waals surface area (Å²) < 4.78 is 0. The second kappa shape index (κ2) is 19.2. The number of carboxylic acids is 1. The Hall–Kier alpha value is 0.236. The van der Waals surface area contributed by atoms with E-state index >= 15 is 0 Å². The van der Waals surface area contributed by atoms with Crippen LogP contribution in [0.4, 0.5) is 0 Å². The minimum atomic E-state index is -0.904. The van der Waals surface area contributed by atoms with Gasteiger partial charge in [0.05, 0.1) is 0 Å². The summed E-state index contributed by atoms with van der Waals surface area (Å²) in [4.78, 5) is 10.2. The zero-order chi connectivity index (χ0) is 14.2. The maximum Gasteiger partial charge on any atom is 2.00 e. The molecule has 20 heavy (non-hydrogen) atoms. The first-order chi connectivity index (χ1) is 9.27. The van der Waals surface area contributed by atoms with Gasteiger partial charge in [0.2, 0.25) is 0 Å². The fourth-order valence-electron chi connectivity index (χ4n) is 2.46. The van der Waals surface area contributed by atoms with Crippen LogP contribution in [0.2, 0.25) is 0 Å². The largest absolute Gasteiger partial charge is 2.00 e. The average Bonchev–Trinajstić information content (AvgIpc) is 2.39. The van der Waals surface area contributed by atoms with Crippen molar-refractivity contribution in [2.24, 2.45) is 0 Å². The van der Waals surface area contributed by atoms with Crippen LogP contribution in [0.15, 0.2) is 0 Å². The van der Waals surface area contributed by atoms with Crippen molar-refractivity contribution < 1.29 is 9.90 Å². The number of hydrogen-bond acceptors (Lipinski definition) is 2. The predicted octanol–water partition coefficient (Wildman–Crippen LogP) is 4.23. The second-order valence-electron chi connectivity index (χ2n) is 5.72. The smallest absolute Gasteiger partial charge is 0.550 e. The van der Waals surface area contributed by atoms with Crippen LogP contribution >= 0.6 is 0 Å². The molecule has 0 bridgehead atoms. The molecule has 0 saturated heterocycles. The molecule has 0 heterocycles. The molecule has 0 spiro atoms. The third kappa shape index (κ3) is 20.6. The van der Waals surface area contributed by atoms with Crippen LogP contribution < -0.4 is 5.11 Å². The number of carbonyl (C=O) groups excluding carboxylic acids is 1. The Labute approximate surface area is 142 Å². The predicted molar refractivity (Wildman–Crippen MR) is 85.7 cm³/mol. The molecule has 0 aliphatic rings. The molecule has 0 atom stereocenters. The van der Waals surface area contributed by atoms with Crippen molar-refractivity contribution in [1.82, 2.24) is 0 Å². The average molecular weight is 294 g/mol. The zero-order valence-electron chi connectivity index (χ0n) is 13.6. The number of aliphatic carboxylic acids is 1. The van der Waals surface area contributed by atoms with Crippen molar-refractivity contribution in [3.8, 4) is 0 Å². The molecule has 0 aromatic carbocycles. The van der Waals surface area contributed by atoms with Gasteiger partial charge in [-0.1, -0.05) is 90.4 Å². The van der Waals surface area contributed by atoms with E-state index in [1.807, 2.05) is 0 Å². The van der Waals surface area contributed by atoms with Gasteiger partial charge in [0.1, 0.15) is 0 Å². The van der Waals surface area contributed by atoms with E-state index in [2.05, 4.69) is 6.92 Å². The molecule has 0 aliphatic heterocycles. The summed E-state index contributed by atoms with van der Waals surface area (Å²) in [6.45, 7) is 2.26. The number of hydrogen-bond donors (Lipinski definition) is 0. The van der Waals surface area contributed by atoms with Crippen LogP contribution in [0.25, 0.3) is 0 Å². The van der Waals surface area contributed by atoms with Gasteiger partial charge < -0.3 is 9.90 Å². The van der Waals surface area contributed by atoms with E-state index in [0.29, 0.717) is 0 Å². The maximum atomic E-state index is 10.2. The van der Waals surface area contributed by atoms with Crippen molar-refractivity contribution >= 4 is 29.0 Å². The molecule has 0 aromatic heterocycles. The summed E-state index contributed by atoms with van der Waals surface area (Å²) in [5.74, 6) is -0.904. The summed E-state index contributed by atoms with van der Waals surface area (Å²) in [6.07, 6.45) is 18.4. The summed E-state index contributed by atoms with van der Waals surface area (Å²) in [6, 6.07) is 0. The summed E-state index contributed by atoms with van der Waals surface area (Å²) >= 11 is 0. The van der Waals surface area contributed by atoms with Gasteiger partial charge in [0.15, 0.2) is 0 Å². The van der Waals surface area contributed by atoms with Crippen LogP contribution in [-0.4, -0.2) is 29.0 Å². The summed E-state index contributed by atoms with van der Waals surface area (Å²) in [5, 5.41) is 10.2. The Bertz CT molecular complexity index is 195. The number of carboxylic acid groups (broad SMARTS) is 1. The van der Waals surface area contributed by atoms with E-state index in [-0.39, 0.29) is 29.5 Å². The zero-order valence-corrected chi connectivity index (χ0v) is 15.0. The molecule has 0 unspecified atom stereocenters. The SMILES string of the molecule is CCCCCCCCCCCCCCCCC(=O)[O-].[Mg+2]. The van der Waals surface area contributed by atoms with Gasteiger partial charge in [0.25, 0.3) is 0 Å². The van der Waals surface area contributed by atoms with Crippen LogP contribution in [0, 0.1) is 0 Å². The first-order valence-corrected chi connectivity index (χ1v) is 8.47. The van der Waals surface area contributed by atoms with Crippen molar-refractivity contribution in [3.63, 3.8) is 0 Å². The molecule has 0 aromatic rings. The Kier molecular flexibility index (Phi) is 21.7. The normalized spacial score (nSPS) is 10.2. The molecule has 0 radical (unpaired) electrons. The van der Waals surface area contributed by atoms with Gasteiger partial charge in [-0.25, -0.2) is 0 Å². The van der Waals surface area contributed by atoms with E-state index in [1.54, 1.807) is 0 Å². The third-order valence-corrected chi connectivity index (χ3v) is 3.73. The second-order valence-corrected chi connectivity index (χ2v) is 5.72. The van der Waals surface area contributed by atoms with E-state index in [4.69, 9.17) is 0 Å². The van der Waals surface area contributed by atoms with Crippen molar-refractivity contribution in [2.45, 2.75) is 103 Å². The van der Waals surface area contributed by atoms with Crippen LogP contribution in [0.3, 0.4) is 0 Å². The van der Waals surface area contributed by atoms with Gasteiger partial charge in [-0.3, -0.25) is 0 Å². The fraction of sp³-hybridized carbons (Fsp3) is 0.941. The topological polar surface area (TPSA) is 40.1 Å². The Morgan fingerprint density at radius 2 is 0.950 bits per heavy atom. The molecule has 0 aliphatic carbocycles. The van der Waals surface area contributed by atoms with Crippen LogP contribution in [-0.2, 0) is 4.79 Å². The van der Waals surface area contributed by atoms with Gasteiger partial charge in [0, 0.05) is 5.97 Å². The molecule has 0 fully saturated rings. The van der Waals surface area contributed by atoms with E-state index < -0.39 is 5.97 Å². The van der Waals surface area contributed by atoms with Crippen LogP contribution in [0.5, 0.6) is 0 Å². The number of unbranched alkanes of at least 4 members (excludes halogenated alkanes) is 13. The van der Waals surface area contributed by atoms with Gasteiger partial charge in [-0.2, -0.15) is 0 Å². The molecule has 0 rings (SSSR count). The molecule has 0 saturated carbocycles. The molecule has 114 valence electrons.